The lowest BCUT2D eigenvalue weighted by Gasteiger charge is -2.15. The van der Waals surface area contributed by atoms with Gasteiger partial charge in [0.2, 0.25) is 0 Å². The molecule has 0 saturated carbocycles. The molecule has 0 spiro atoms. The zero-order valence-corrected chi connectivity index (χ0v) is 7.79. The Labute approximate surface area is 75.1 Å². The molecule has 1 N–H and O–H groups in total. The van der Waals surface area contributed by atoms with E-state index in [1.54, 1.807) is 6.92 Å². The molecule has 11 heavy (non-hydrogen) atoms. The van der Waals surface area contributed by atoms with Crippen LogP contribution in [0.2, 0.25) is 0 Å². The van der Waals surface area contributed by atoms with Crippen LogP contribution in [0.5, 0.6) is 0 Å². The predicted octanol–water partition coefficient (Wildman–Crippen LogP) is 1.76. The lowest BCUT2D eigenvalue weighted by molar-refractivity contribution is -0.142. The van der Waals surface area contributed by atoms with Crippen LogP contribution in [-0.2, 0) is 9.53 Å². The topological polar surface area (TPSA) is 50.2 Å². The Hall–Kier alpha value is -0.280. The van der Waals surface area contributed by atoms with E-state index in [2.05, 4.69) is 4.74 Å². The number of nitrogens with one attached hydrogen (secondary N) is 1. The van der Waals surface area contributed by atoms with Crippen LogP contribution >= 0.6 is 23.2 Å². The van der Waals surface area contributed by atoms with Crippen LogP contribution in [-0.4, -0.2) is 22.6 Å². The van der Waals surface area contributed by atoms with Gasteiger partial charge in [0.1, 0.15) is 0 Å². The first-order valence-corrected chi connectivity index (χ1v) is 3.79. The summed E-state index contributed by atoms with van der Waals surface area (Å²) < 4.78 is 2.70. The average molecular weight is 198 g/mol. The summed E-state index contributed by atoms with van der Waals surface area (Å²) in [6.07, 6.45) is 0. The summed E-state index contributed by atoms with van der Waals surface area (Å²) in [5.41, 5.74) is -0.140. The third-order valence-electron chi connectivity index (χ3n) is 1.00. The fourth-order valence-electron chi connectivity index (χ4n) is 0.375. The first-order valence-electron chi connectivity index (χ1n) is 3.03. The summed E-state index contributed by atoms with van der Waals surface area (Å²) in [6.45, 7) is 3.19. The second-order valence-electron chi connectivity index (χ2n) is 1.92. The number of alkyl halides is 2. The number of hydrogen-bond acceptors (Lipinski definition) is 3. The normalized spacial score (nSPS) is 10.9. The first kappa shape index (κ1) is 10.7. The molecular weight excluding hydrogens is 189 g/mol. The highest BCUT2D eigenvalue weighted by Gasteiger charge is 2.37. The van der Waals surface area contributed by atoms with Crippen molar-refractivity contribution in [3.63, 3.8) is 0 Å². The minimum atomic E-state index is -1.82. The van der Waals surface area contributed by atoms with Gasteiger partial charge < -0.3 is 10.1 Å². The SMILES string of the molecule is CCOC(=O)C(Cl)(Cl)C(C)=N. The standard InChI is InChI=1S/C6H9Cl2NO2/c1-3-11-5(10)6(7,8)4(2)9/h9H,3H2,1-2H3. The third kappa shape index (κ3) is 2.67. The molecule has 0 aromatic rings. The second-order valence-corrected chi connectivity index (χ2v) is 3.25. The minimum Gasteiger partial charge on any atom is -0.463 e. The number of carbonyl (C=O) groups is 1. The van der Waals surface area contributed by atoms with E-state index in [1.807, 2.05) is 0 Å². The molecule has 0 aliphatic rings. The molecule has 0 aromatic carbocycles. The van der Waals surface area contributed by atoms with Crippen LogP contribution in [0.4, 0.5) is 0 Å². The van der Waals surface area contributed by atoms with E-state index in [0.29, 0.717) is 0 Å². The average Bonchev–Trinajstić information content (AvgIpc) is 1.88. The Balaban J connectivity index is 4.30. The molecular formula is C6H9Cl2NO2. The van der Waals surface area contributed by atoms with Crippen LogP contribution < -0.4 is 0 Å². The van der Waals surface area contributed by atoms with E-state index in [4.69, 9.17) is 28.6 Å². The van der Waals surface area contributed by atoms with Crippen LogP contribution in [0, 0.1) is 5.41 Å². The molecule has 0 saturated heterocycles. The fourth-order valence-corrected chi connectivity index (χ4v) is 0.484. The number of carbonyl (C=O) groups excluding carboxylic acids is 1. The van der Waals surface area contributed by atoms with Gasteiger partial charge in [0.15, 0.2) is 0 Å². The van der Waals surface area contributed by atoms with E-state index in [9.17, 15) is 4.79 Å². The van der Waals surface area contributed by atoms with Gasteiger partial charge in [-0.25, -0.2) is 4.79 Å². The maximum absolute atomic E-state index is 10.9. The molecule has 0 fully saturated rings. The number of halogens is 2. The number of esters is 1. The Kier molecular flexibility index (Phi) is 3.83. The van der Waals surface area contributed by atoms with E-state index < -0.39 is 10.3 Å². The Morgan fingerprint density at radius 1 is 1.64 bits per heavy atom. The molecule has 5 heteroatoms. The molecule has 0 radical (unpaired) electrons. The Morgan fingerprint density at radius 3 is 2.36 bits per heavy atom. The van der Waals surface area contributed by atoms with Gasteiger partial charge in [0.25, 0.3) is 4.33 Å². The highest BCUT2D eigenvalue weighted by atomic mass is 35.5. The monoisotopic (exact) mass is 197 g/mol. The van der Waals surface area contributed by atoms with Crippen molar-refractivity contribution in [3.8, 4) is 0 Å². The lowest BCUT2D eigenvalue weighted by atomic mass is 10.3. The van der Waals surface area contributed by atoms with Crippen molar-refractivity contribution in [2.45, 2.75) is 18.2 Å². The summed E-state index contributed by atoms with van der Waals surface area (Å²) in [6, 6.07) is 0. The van der Waals surface area contributed by atoms with Crippen molar-refractivity contribution < 1.29 is 9.53 Å². The van der Waals surface area contributed by atoms with Gasteiger partial charge in [0, 0.05) is 0 Å². The van der Waals surface area contributed by atoms with Gasteiger partial charge >= 0.3 is 5.97 Å². The van der Waals surface area contributed by atoms with Crippen LogP contribution in [0.1, 0.15) is 13.8 Å². The summed E-state index contributed by atoms with van der Waals surface area (Å²) in [5, 5.41) is 7.04. The van der Waals surface area contributed by atoms with E-state index in [1.165, 1.54) is 6.92 Å². The van der Waals surface area contributed by atoms with Crippen LogP contribution in [0.3, 0.4) is 0 Å². The molecule has 0 aliphatic carbocycles. The maximum Gasteiger partial charge on any atom is 0.348 e. The van der Waals surface area contributed by atoms with Crippen LogP contribution in [0.25, 0.3) is 0 Å². The van der Waals surface area contributed by atoms with Crippen molar-refractivity contribution in [2.75, 3.05) is 6.61 Å². The maximum atomic E-state index is 10.9. The smallest absolute Gasteiger partial charge is 0.348 e. The number of rotatable bonds is 3. The largest absolute Gasteiger partial charge is 0.463 e. The van der Waals surface area contributed by atoms with Gasteiger partial charge in [0.05, 0.1) is 12.3 Å². The Bertz CT molecular complexity index is 179. The highest BCUT2D eigenvalue weighted by molar-refractivity contribution is 6.67. The zero-order valence-electron chi connectivity index (χ0n) is 6.28. The highest BCUT2D eigenvalue weighted by Crippen LogP contribution is 2.23. The first-order chi connectivity index (χ1) is 4.92. The van der Waals surface area contributed by atoms with Crippen molar-refractivity contribution >= 4 is 34.9 Å². The second kappa shape index (κ2) is 3.93. The lowest BCUT2D eigenvalue weighted by Crippen LogP contribution is -2.35. The fraction of sp³-hybridized carbons (Fsp3) is 0.667. The van der Waals surface area contributed by atoms with Crippen molar-refractivity contribution in [3.05, 3.63) is 0 Å². The summed E-state index contributed by atoms with van der Waals surface area (Å²) in [4.78, 5) is 10.9. The molecule has 0 aromatic heterocycles. The zero-order chi connectivity index (χ0) is 9.07. The van der Waals surface area contributed by atoms with E-state index in [-0.39, 0.29) is 12.3 Å². The van der Waals surface area contributed by atoms with E-state index in [0.717, 1.165) is 0 Å². The Morgan fingerprint density at radius 2 is 2.09 bits per heavy atom. The number of ether oxygens (including phenoxy) is 1. The molecule has 3 nitrogen and oxygen atoms in total. The van der Waals surface area contributed by atoms with Crippen molar-refractivity contribution in [1.82, 2.24) is 0 Å². The van der Waals surface area contributed by atoms with Gasteiger partial charge in [-0.3, -0.25) is 0 Å². The summed E-state index contributed by atoms with van der Waals surface area (Å²) >= 11 is 10.9. The molecule has 0 atom stereocenters. The quantitative estimate of drug-likeness (QED) is 0.426. The molecule has 0 bridgehead atoms. The van der Waals surface area contributed by atoms with Gasteiger partial charge in [-0.15, -0.1) is 0 Å². The molecule has 0 rings (SSSR count). The molecule has 0 aliphatic heterocycles. The summed E-state index contributed by atoms with van der Waals surface area (Å²) in [5.74, 6) is -0.796. The van der Waals surface area contributed by atoms with Crippen LogP contribution in [0.15, 0.2) is 0 Å². The molecule has 64 valence electrons. The molecule has 0 amide bonds. The minimum absolute atomic E-state index is 0.140. The third-order valence-corrected chi connectivity index (χ3v) is 1.88. The van der Waals surface area contributed by atoms with E-state index >= 15 is 0 Å². The van der Waals surface area contributed by atoms with Gasteiger partial charge in [-0.2, -0.15) is 0 Å². The number of hydrogen-bond donors (Lipinski definition) is 1. The predicted molar refractivity (Wildman–Crippen MR) is 44.5 cm³/mol. The van der Waals surface area contributed by atoms with Gasteiger partial charge in [-0.05, 0) is 13.8 Å². The molecule has 0 heterocycles. The van der Waals surface area contributed by atoms with Crippen molar-refractivity contribution in [1.29, 1.82) is 5.41 Å². The van der Waals surface area contributed by atoms with Gasteiger partial charge in [-0.1, -0.05) is 23.2 Å². The molecule has 0 unspecified atom stereocenters. The summed E-state index contributed by atoms with van der Waals surface area (Å²) in [7, 11) is 0. The van der Waals surface area contributed by atoms with Crippen molar-refractivity contribution in [2.24, 2.45) is 0 Å².